The maximum absolute atomic E-state index is 5.56. The van der Waals surface area contributed by atoms with Gasteiger partial charge in [-0.1, -0.05) is 13.0 Å². The van der Waals surface area contributed by atoms with Crippen LogP contribution in [-0.4, -0.2) is 39.8 Å². The van der Waals surface area contributed by atoms with Gasteiger partial charge >= 0.3 is 0 Å². The third-order valence-electron chi connectivity index (χ3n) is 3.46. The fourth-order valence-corrected chi connectivity index (χ4v) is 2.41. The minimum Gasteiger partial charge on any atom is -0.495 e. The first-order chi connectivity index (χ1) is 9.35. The zero-order chi connectivity index (χ0) is 13.5. The molecule has 1 aromatic rings. The Morgan fingerprint density at radius 2 is 2.11 bits per heavy atom. The molecule has 0 unspecified atom stereocenters. The van der Waals surface area contributed by atoms with Crippen molar-refractivity contribution in [3.8, 4) is 5.75 Å². The fourth-order valence-electron chi connectivity index (χ4n) is 2.41. The topological polar surface area (TPSA) is 36.5 Å². The maximum Gasteiger partial charge on any atom is 0.142 e. The lowest BCUT2D eigenvalue weighted by atomic mass is 10.1. The highest BCUT2D eigenvalue weighted by molar-refractivity contribution is 5.60. The molecule has 1 aliphatic heterocycles. The first-order valence-electron chi connectivity index (χ1n) is 7.18. The van der Waals surface area contributed by atoms with Crippen molar-refractivity contribution in [1.82, 2.24) is 10.6 Å². The number of methoxy groups -OCH3 is 1. The van der Waals surface area contributed by atoms with Crippen LogP contribution in [0.5, 0.6) is 5.75 Å². The molecular weight excluding hydrogens is 238 g/mol. The van der Waals surface area contributed by atoms with Gasteiger partial charge in [-0.2, -0.15) is 0 Å². The summed E-state index contributed by atoms with van der Waals surface area (Å²) in [4.78, 5) is 2.39. The molecule has 1 aliphatic rings. The monoisotopic (exact) mass is 263 g/mol. The molecular formula is C15H25N3O. The predicted molar refractivity (Wildman–Crippen MR) is 80.1 cm³/mol. The van der Waals surface area contributed by atoms with E-state index in [1.54, 1.807) is 7.11 Å². The Bertz CT molecular complexity index is 389. The number of piperazine rings is 1. The molecule has 1 fully saturated rings. The van der Waals surface area contributed by atoms with E-state index in [4.69, 9.17) is 4.74 Å². The minimum absolute atomic E-state index is 0.909. The molecule has 2 N–H and O–H groups in total. The lowest BCUT2D eigenvalue weighted by Gasteiger charge is -2.30. The maximum atomic E-state index is 5.56. The summed E-state index contributed by atoms with van der Waals surface area (Å²) in [5.74, 6) is 0.984. The van der Waals surface area contributed by atoms with Gasteiger partial charge in [0.25, 0.3) is 0 Å². The van der Waals surface area contributed by atoms with Crippen molar-refractivity contribution in [1.29, 1.82) is 0 Å². The van der Waals surface area contributed by atoms with Gasteiger partial charge in [0.2, 0.25) is 0 Å². The second-order valence-corrected chi connectivity index (χ2v) is 4.92. The molecule has 19 heavy (non-hydrogen) atoms. The van der Waals surface area contributed by atoms with Crippen LogP contribution in [0.4, 0.5) is 5.69 Å². The van der Waals surface area contributed by atoms with Crippen LogP contribution < -0.4 is 20.3 Å². The molecule has 2 rings (SSSR count). The fraction of sp³-hybridized carbons (Fsp3) is 0.600. The Kier molecular flexibility index (Phi) is 5.48. The van der Waals surface area contributed by atoms with Gasteiger partial charge in [-0.25, -0.2) is 0 Å². The molecule has 0 saturated carbocycles. The smallest absolute Gasteiger partial charge is 0.142 e. The quantitative estimate of drug-likeness (QED) is 0.765. The van der Waals surface area contributed by atoms with Crippen LogP contribution >= 0.6 is 0 Å². The van der Waals surface area contributed by atoms with E-state index in [2.05, 4.69) is 40.7 Å². The van der Waals surface area contributed by atoms with Crippen molar-refractivity contribution in [3.63, 3.8) is 0 Å². The highest BCUT2D eigenvalue weighted by atomic mass is 16.5. The van der Waals surface area contributed by atoms with Crippen molar-refractivity contribution in [3.05, 3.63) is 23.8 Å². The SMILES string of the molecule is CCCNCc1ccc(N2CCNCC2)c(OC)c1. The minimum atomic E-state index is 0.909. The summed E-state index contributed by atoms with van der Waals surface area (Å²) in [5, 5.41) is 6.80. The van der Waals surface area contributed by atoms with Gasteiger partial charge in [0.15, 0.2) is 0 Å². The van der Waals surface area contributed by atoms with E-state index in [9.17, 15) is 0 Å². The molecule has 1 heterocycles. The van der Waals surface area contributed by atoms with Crippen molar-refractivity contribution >= 4 is 5.69 Å². The Hall–Kier alpha value is -1.26. The molecule has 0 amide bonds. The van der Waals surface area contributed by atoms with E-state index in [-0.39, 0.29) is 0 Å². The number of hydrogen-bond acceptors (Lipinski definition) is 4. The van der Waals surface area contributed by atoms with Crippen LogP contribution in [0.3, 0.4) is 0 Å². The molecule has 1 saturated heterocycles. The Labute approximate surface area is 116 Å². The summed E-state index contributed by atoms with van der Waals surface area (Å²) in [7, 11) is 1.75. The molecule has 0 aliphatic carbocycles. The molecule has 106 valence electrons. The summed E-state index contributed by atoms with van der Waals surface area (Å²) in [6, 6.07) is 6.54. The van der Waals surface area contributed by atoms with Crippen LogP contribution in [0.15, 0.2) is 18.2 Å². The second-order valence-electron chi connectivity index (χ2n) is 4.92. The van der Waals surface area contributed by atoms with E-state index in [0.717, 1.165) is 51.4 Å². The second kappa shape index (κ2) is 7.36. The molecule has 0 radical (unpaired) electrons. The molecule has 4 heteroatoms. The van der Waals surface area contributed by atoms with Gasteiger partial charge in [-0.3, -0.25) is 0 Å². The molecule has 0 atom stereocenters. The van der Waals surface area contributed by atoms with Crippen LogP contribution in [-0.2, 0) is 6.54 Å². The Morgan fingerprint density at radius 1 is 1.32 bits per heavy atom. The summed E-state index contributed by atoms with van der Waals surface area (Å²) in [5.41, 5.74) is 2.49. The number of nitrogens with zero attached hydrogens (tertiary/aromatic N) is 1. The zero-order valence-corrected chi connectivity index (χ0v) is 12.0. The molecule has 0 aromatic heterocycles. The summed E-state index contributed by atoms with van der Waals surface area (Å²) >= 11 is 0. The first kappa shape index (κ1) is 14.2. The third kappa shape index (κ3) is 3.85. The third-order valence-corrected chi connectivity index (χ3v) is 3.46. The van der Waals surface area contributed by atoms with E-state index in [0.29, 0.717) is 0 Å². The molecule has 4 nitrogen and oxygen atoms in total. The van der Waals surface area contributed by atoms with Crippen molar-refractivity contribution in [2.45, 2.75) is 19.9 Å². The van der Waals surface area contributed by atoms with Gasteiger partial charge < -0.3 is 20.3 Å². The number of hydrogen-bond donors (Lipinski definition) is 2. The highest BCUT2D eigenvalue weighted by Gasteiger charge is 2.14. The average Bonchev–Trinajstić information content (AvgIpc) is 2.48. The zero-order valence-electron chi connectivity index (χ0n) is 12.0. The van der Waals surface area contributed by atoms with Crippen LogP contribution in [0, 0.1) is 0 Å². The molecule has 0 bridgehead atoms. The standard InChI is InChI=1S/C15H25N3O/c1-3-6-17-12-13-4-5-14(15(11-13)19-2)18-9-7-16-8-10-18/h4-5,11,16-17H,3,6-10,12H2,1-2H3. The Morgan fingerprint density at radius 3 is 2.79 bits per heavy atom. The van der Waals surface area contributed by atoms with Gasteiger partial charge in [0, 0.05) is 32.7 Å². The van der Waals surface area contributed by atoms with Crippen LogP contribution in [0.2, 0.25) is 0 Å². The van der Waals surface area contributed by atoms with E-state index < -0.39 is 0 Å². The predicted octanol–water partition coefficient (Wildman–Crippen LogP) is 1.60. The average molecular weight is 263 g/mol. The number of rotatable bonds is 6. The summed E-state index contributed by atoms with van der Waals surface area (Å²) < 4.78 is 5.56. The summed E-state index contributed by atoms with van der Waals surface area (Å²) in [6.07, 6.45) is 1.16. The summed E-state index contributed by atoms with van der Waals surface area (Å²) in [6.45, 7) is 8.33. The van der Waals surface area contributed by atoms with E-state index >= 15 is 0 Å². The van der Waals surface area contributed by atoms with Gasteiger partial charge in [-0.05, 0) is 30.7 Å². The normalized spacial score (nSPS) is 15.6. The lowest BCUT2D eigenvalue weighted by molar-refractivity contribution is 0.412. The van der Waals surface area contributed by atoms with E-state index in [1.165, 1.54) is 11.3 Å². The van der Waals surface area contributed by atoms with Crippen molar-refractivity contribution in [2.24, 2.45) is 0 Å². The van der Waals surface area contributed by atoms with Crippen molar-refractivity contribution < 1.29 is 4.74 Å². The largest absolute Gasteiger partial charge is 0.495 e. The molecule has 0 spiro atoms. The van der Waals surface area contributed by atoms with Gasteiger partial charge in [0.05, 0.1) is 12.8 Å². The van der Waals surface area contributed by atoms with Crippen LogP contribution in [0.25, 0.3) is 0 Å². The van der Waals surface area contributed by atoms with Crippen molar-refractivity contribution in [2.75, 3.05) is 44.7 Å². The number of ether oxygens (including phenoxy) is 1. The first-order valence-corrected chi connectivity index (χ1v) is 7.18. The lowest BCUT2D eigenvalue weighted by Crippen LogP contribution is -2.43. The van der Waals surface area contributed by atoms with Crippen LogP contribution in [0.1, 0.15) is 18.9 Å². The number of benzene rings is 1. The molecule has 1 aromatic carbocycles. The highest BCUT2D eigenvalue weighted by Crippen LogP contribution is 2.29. The number of anilines is 1. The Balaban J connectivity index is 2.06. The number of nitrogens with one attached hydrogen (secondary N) is 2. The van der Waals surface area contributed by atoms with Gasteiger partial charge in [0.1, 0.15) is 5.75 Å². The van der Waals surface area contributed by atoms with E-state index in [1.807, 2.05) is 0 Å². The van der Waals surface area contributed by atoms with Gasteiger partial charge in [-0.15, -0.1) is 0 Å².